The van der Waals surface area contributed by atoms with Crippen molar-refractivity contribution in [3.05, 3.63) is 40.8 Å². The molecule has 3 aromatic rings. The number of aromatic amines is 1. The van der Waals surface area contributed by atoms with Gasteiger partial charge in [0.05, 0.1) is 23.3 Å². The number of aromatic nitrogens is 2. The van der Waals surface area contributed by atoms with Crippen LogP contribution in [-0.2, 0) is 16.0 Å². The number of esters is 1. The normalized spacial score (nSPS) is 12.2. The van der Waals surface area contributed by atoms with E-state index in [1.165, 1.54) is 0 Å². The summed E-state index contributed by atoms with van der Waals surface area (Å²) in [5.74, 6) is -0.489. The fourth-order valence-corrected chi connectivity index (χ4v) is 3.24. The first-order valence-corrected chi connectivity index (χ1v) is 10.3. The van der Waals surface area contributed by atoms with Crippen LogP contribution in [0.1, 0.15) is 57.6 Å². The van der Waals surface area contributed by atoms with Gasteiger partial charge in [0.2, 0.25) is 0 Å². The number of hydrogen-bond donors (Lipinski definition) is 3. The molecule has 0 atom stereocenters. The topological polar surface area (TPSA) is 105 Å². The predicted molar refractivity (Wildman–Crippen MR) is 120 cm³/mol. The fourth-order valence-electron chi connectivity index (χ4n) is 3.07. The molecule has 0 aliphatic carbocycles. The molecule has 0 saturated heterocycles. The number of rotatable bonds is 4. The summed E-state index contributed by atoms with van der Waals surface area (Å²) in [6.45, 7) is 10.8. The number of carbonyl (C=O) groups excluding carboxylic acids is 2. The highest BCUT2D eigenvalue weighted by atomic mass is 35.5. The van der Waals surface area contributed by atoms with E-state index >= 15 is 0 Å². The van der Waals surface area contributed by atoms with E-state index in [0.717, 1.165) is 10.8 Å². The molecule has 1 aromatic carbocycles. The van der Waals surface area contributed by atoms with Crippen LogP contribution in [0.5, 0.6) is 0 Å². The molecule has 0 radical (unpaired) electrons. The van der Waals surface area contributed by atoms with Crippen molar-refractivity contribution in [3.8, 4) is 0 Å². The summed E-state index contributed by atoms with van der Waals surface area (Å²) in [4.78, 5) is 32.6. The number of pyridine rings is 1. The molecule has 31 heavy (non-hydrogen) atoms. The van der Waals surface area contributed by atoms with E-state index in [0.29, 0.717) is 27.3 Å². The summed E-state index contributed by atoms with van der Waals surface area (Å²) in [5.41, 5.74) is 5.35. The number of nitrogens with zero attached hydrogens (tertiary/aromatic N) is 1. The number of amides is 1. The summed E-state index contributed by atoms with van der Waals surface area (Å²) in [5, 5.41) is 2.81. The Morgan fingerprint density at radius 1 is 1.06 bits per heavy atom. The monoisotopic (exact) mass is 446 g/mol. The van der Waals surface area contributed by atoms with Crippen LogP contribution in [0.25, 0.3) is 21.7 Å². The summed E-state index contributed by atoms with van der Waals surface area (Å²) >= 11 is 6.14. The number of ether oxygens (including phenoxy) is 2. The molecule has 3 rings (SSSR count). The standard InChI is InChI=1S/C22H27ClN4O4/c1-21(2,3)30-19(28)17-13-8-7-12-10-24-16(23)9-14(12)18(13)26-15(17)11-25-27-20(29)31-22(4,5)6/h7-10,24-25H,11H2,1-6H3,(H,27,29). The Morgan fingerprint density at radius 2 is 1.74 bits per heavy atom. The average molecular weight is 447 g/mol. The lowest BCUT2D eigenvalue weighted by atomic mass is 10.1. The molecule has 1 amide bonds. The van der Waals surface area contributed by atoms with E-state index in [9.17, 15) is 9.59 Å². The van der Waals surface area contributed by atoms with E-state index in [1.807, 2.05) is 12.1 Å². The van der Waals surface area contributed by atoms with Gasteiger partial charge in [0.1, 0.15) is 16.4 Å². The van der Waals surface area contributed by atoms with Gasteiger partial charge < -0.3 is 14.5 Å². The number of fused-ring (bicyclic) bond motifs is 3. The molecule has 2 aromatic heterocycles. The van der Waals surface area contributed by atoms with E-state index in [4.69, 9.17) is 21.1 Å². The molecular weight excluding hydrogens is 420 g/mol. The van der Waals surface area contributed by atoms with Crippen LogP contribution in [-0.4, -0.2) is 33.2 Å². The number of halogens is 1. The Balaban J connectivity index is 1.99. The number of carbonyl (C=O) groups is 2. The Hall–Kier alpha value is -2.84. The molecule has 0 unspecified atom stereocenters. The lowest BCUT2D eigenvalue weighted by Gasteiger charge is -2.20. The Bertz CT molecular complexity index is 1140. The summed E-state index contributed by atoms with van der Waals surface area (Å²) in [7, 11) is 0. The predicted octanol–water partition coefficient (Wildman–Crippen LogP) is 4.85. The van der Waals surface area contributed by atoms with Gasteiger partial charge >= 0.3 is 12.1 Å². The van der Waals surface area contributed by atoms with E-state index in [1.54, 1.807) is 53.8 Å². The second-order valence-electron chi connectivity index (χ2n) is 9.16. The molecular formula is C22H27ClN4O4. The second-order valence-corrected chi connectivity index (χ2v) is 9.57. The van der Waals surface area contributed by atoms with Crippen molar-refractivity contribution in [2.45, 2.75) is 59.3 Å². The Kier molecular flexibility index (Phi) is 6.16. The number of benzene rings is 1. The smallest absolute Gasteiger partial charge is 0.422 e. The van der Waals surface area contributed by atoms with Crippen molar-refractivity contribution >= 4 is 45.3 Å². The first-order valence-electron chi connectivity index (χ1n) is 9.88. The van der Waals surface area contributed by atoms with Crippen LogP contribution in [0.4, 0.5) is 4.79 Å². The van der Waals surface area contributed by atoms with Crippen molar-refractivity contribution in [2.75, 3.05) is 0 Å². The molecule has 0 aliphatic rings. The number of hydrogen-bond acceptors (Lipinski definition) is 6. The molecule has 0 spiro atoms. The van der Waals surface area contributed by atoms with E-state index in [-0.39, 0.29) is 6.54 Å². The van der Waals surface area contributed by atoms with Crippen molar-refractivity contribution in [1.82, 2.24) is 20.8 Å². The lowest BCUT2D eigenvalue weighted by molar-refractivity contribution is 0.00705. The summed E-state index contributed by atoms with van der Waals surface area (Å²) < 4.78 is 10.8. The number of H-pyrrole nitrogens is 1. The minimum Gasteiger partial charge on any atom is -0.456 e. The average Bonchev–Trinajstić information content (AvgIpc) is 2.97. The van der Waals surface area contributed by atoms with Crippen LogP contribution < -0.4 is 10.9 Å². The highest BCUT2D eigenvalue weighted by Gasteiger charge is 2.26. The number of hydrazine groups is 1. The van der Waals surface area contributed by atoms with Crippen LogP contribution >= 0.6 is 11.6 Å². The molecule has 0 saturated carbocycles. The van der Waals surface area contributed by atoms with Gasteiger partial charge in [-0.3, -0.25) is 5.43 Å². The molecule has 0 fully saturated rings. The summed E-state index contributed by atoms with van der Waals surface area (Å²) in [6.07, 6.45) is 1.15. The molecule has 0 bridgehead atoms. The highest BCUT2D eigenvalue weighted by Crippen LogP contribution is 2.31. The van der Waals surface area contributed by atoms with Crippen LogP contribution in [0.2, 0.25) is 5.15 Å². The Morgan fingerprint density at radius 3 is 2.39 bits per heavy atom. The third-order valence-electron chi connectivity index (χ3n) is 4.14. The van der Waals surface area contributed by atoms with Crippen LogP contribution in [0.15, 0.2) is 24.4 Å². The third-order valence-corrected chi connectivity index (χ3v) is 4.36. The maximum Gasteiger partial charge on any atom is 0.422 e. The molecule has 166 valence electrons. The SMILES string of the molecule is CC(C)(C)OC(=O)NNCc1nc2c(ccc3c[nH]c(Cl)cc32)c1C(=O)OC(C)(C)C. The zero-order valence-corrected chi connectivity index (χ0v) is 19.2. The van der Waals surface area contributed by atoms with Crippen molar-refractivity contribution < 1.29 is 19.1 Å². The van der Waals surface area contributed by atoms with Gasteiger partial charge in [0.15, 0.2) is 0 Å². The molecule has 8 nitrogen and oxygen atoms in total. The van der Waals surface area contributed by atoms with Gasteiger partial charge in [-0.2, -0.15) is 0 Å². The minimum atomic E-state index is -0.671. The van der Waals surface area contributed by atoms with E-state index in [2.05, 4.69) is 20.8 Å². The van der Waals surface area contributed by atoms with Gasteiger partial charge in [-0.25, -0.2) is 20.0 Å². The first-order chi connectivity index (χ1) is 14.3. The Labute approximate surface area is 185 Å². The molecule has 3 N–H and O–H groups in total. The van der Waals surface area contributed by atoms with Gasteiger partial charge in [-0.05, 0) is 47.6 Å². The van der Waals surface area contributed by atoms with Crippen molar-refractivity contribution in [2.24, 2.45) is 0 Å². The van der Waals surface area contributed by atoms with Gasteiger partial charge in [0, 0.05) is 22.4 Å². The molecule has 0 aliphatic heterocycles. The highest BCUT2D eigenvalue weighted by molar-refractivity contribution is 6.30. The zero-order valence-electron chi connectivity index (χ0n) is 18.5. The first kappa shape index (κ1) is 22.8. The van der Waals surface area contributed by atoms with Gasteiger partial charge in [-0.15, -0.1) is 0 Å². The van der Waals surface area contributed by atoms with Crippen LogP contribution in [0, 0.1) is 0 Å². The van der Waals surface area contributed by atoms with Gasteiger partial charge in [0.25, 0.3) is 0 Å². The minimum absolute atomic E-state index is 0.0939. The maximum absolute atomic E-state index is 13.0. The zero-order chi connectivity index (χ0) is 23.0. The fraction of sp³-hybridized carbons (Fsp3) is 0.409. The maximum atomic E-state index is 13.0. The second kappa shape index (κ2) is 8.36. The number of nitrogens with one attached hydrogen (secondary N) is 3. The molecule has 9 heteroatoms. The third kappa shape index (κ3) is 5.65. The van der Waals surface area contributed by atoms with Crippen LogP contribution in [0.3, 0.4) is 0 Å². The lowest BCUT2D eigenvalue weighted by Crippen LogP contribution is -2.41. The van der Waals surface area contributed by atoms with Crippen molar-refractivity contribution in [1.29, 1.82) is 0 Å². The van der Waals surface area contributed by atoms with E-state index < -0.39 is 23.3 Å². The molecule has 2 heterocycles. The van der Waals surface area contributed by atoms with Gasteiger partial charge in [-0.1, -0.05) is 23.7 Å². The van der Waals surface area contributed by atoms with Crippen molar-refractivity contribution in [3.63, 3.8) is 0 Å². The largest absolute Gasteiger partial charge is 0.456 e. The summed E-state index contributed by atoms with van der Waals surface area (Å²) in [6, 6.07) is 5.48. The quantitative estimate of drug-likeness (QED) is 0.300.